The zero-order valence-electron chi connectivity index (χ0n) is 18.9. The molecule has 0 saturated carbocycles. The van der Waals surface area contributed by atoms with E-state index in [4.69, 9.17) is 9.47 Å². The van der Waals surface area contributed by atoms with Crippen molar-refractivity contribution >= 4 is 28.9 Å². The average Bonchev–Trinajstić information content (AvgIpc) is 3.14. The van der Waals surface area contributed by atoms with Gasteiger partial charge in [-0.2, -0.15) is 0 Å². The molecule has 2 heterocycles. The van der Waals surface area contributed by atoms with Crippen LogP contribution in [0.5, 0.6) is 0 Å². The van der Waals surface area contributed by atoms with E-state index in [9.17, 15) is 9.59 Å². The molecule has 1 amide bonds. The van der Waals surface area contributed by atoms with Gasteiger partial charge in [0.2, 0.25) is 0 Å². The highest BCUT2D eigenvalue weighted by Crippen LogP contribution is 2.25. The second-order valence-electron chi connectivity index (χ2n) is 8.56. The fourth-order valence-electron chi connectivity index (χ4n) is 3.27. The number of anilines is 1. The lowest BCUT2D eigenvalue weighted by Gasteiger charge is -2.19. The summed E-state index contributed by atoms with van der Waals surface area (Å²) in [7, 11) is 0. The molecule has 0 saturated heterocycles. The van der Waals surface area contributed by atoms with Crippen LogP contribution in [0.25, 0.3) is 11.2 Å². The van der Waals surface area contributed by atoms with Crippen LogP contribution in [0.3, 0.4) is 0 Å². The van der Waals surface area contributed by atoms with Gasteiger partial charge in [0.05, 0.1) is 12.9 Å². The highest BCUT2D eigenvalue weighted by Gasteiger charge is 2.21. The van der Waals surface area contributed by atoms with Crippen LogP contribution < -0.4 is 5.32 Å². The first-order valence-electron chi connectivity index (χ1n) is 10.5. The van der Waals surface area contributed by atoms with Gasteiger partial charge in [0.1, 0.15) is 17.7 Å². The number of Topliss-reactive ketones (excluding diaryl/α,β-unsaturated/α-hetero) is 1. The lowest BCUT2D eigenvalue weighted by Crippen LogP contribution is -2.27. The summed E-state index contributed by atoms with van der Waals surface area (Å²) in [5.74, 6) is 0.311. The van der Waals surface area contributed by atoms with E-state index in [2.05, 4.69) is 20.3 Å². The van der Waals surface area contributed by atoms with Crippen LogP contribution in [0.2, 0.25) is 0 Å². The number of benzene rings is 1. The molecular weight excluding hydrogens is 410 g/mol. The zero-order chi connectivity index (χ0) is 23.1. The van der Waals surface area contributed by atoms with E-state index < -0.39 is 11.7 Å². The van der Waals surface area contributed by atoms with E-state index in [1.54, 1.807) is 34.0 Å². The van der Waals surface area contributed by atoms with Gasteiger partial charge in [-0.25, -0.2) is 19.7 Å². The number of carbonyl (C=O) groups is 2. The van der Waals surface area contributed by atoms with Crippen molar-refractivity contribution in [1.82, 2.24) is 19.5 Å². The van der Waals surface area contributed by atoms with Gasteiger partial charge in [0.25, 0.3) is 0 Å². The molecule has 0 fully saturated rings. The van der Waals surface area contributed by atoms with Crippen molar-refractivity contribution in [1.29, 1.82) is 0 Å². The van der Waals surface area contributed by atoms with Crippen molar-refractivity contribution in [3.05, 3.63) is 48.5 Å². The van der Waals surface area contributed by atoms with Crippen molar-refractivity contribution in [2.45, 2.75) is 58.8 Å². The fraction of sp³-hybridized carbons (Fsp3) is 0.435. The molecule has 9 heteroatoms. The summed E-state index contributed by atoms with van der Waals surface area (Å²) in [4.78, 5) is 36.9. The highest BCUT2D eigenvalue weighted by atomic mass is 16.6. The number of ether oxygens (including phenoxy) is 2. The van der Waals surface area contributed by atoms with Crippen molar-refractivity contribution in [3.63, 3.8) is 0 Å². The summed E-state index contributed by atoms with van der Waals surface area (Å²) in [6.07, 6.45) is 3.27. The first-order chi connectivity index (χ1) is 15.2. The maximum absolute atomic E-state index is 12.2. The second-order valence-corrected chi connectivity index (χ2v) is 8.56. The molecule has 0 bridgehead atoms. The van der Waals surface area contributed by atoms with Crippen LogP contribution in [0.4, 0.5) is 10.6 Å². The van der Waals surface area contributed by atoms with Gasteiger partial charge in [-0.3, -0.25) is 10.1 Å². The Morgan fingerprint density at radius 1 is 1.12 bits per heavy atom. The number of hydrogen-bond donors (Lipinski definition) is 1. The molecule has 0 spiro atoms. The summed E-state index contributed by atoms with van der Waals surface area (Å²) < 4.78 is 12.9. The molecule has 3 aromatic rings. The van der Waals surface area contributed by atoms with Crippen molar-refractivity contribution < 1.29 is 19.1 Å². The molecule has 32 heavy (non-hydrogen) atoms. The Morgan fingerprint density at radius 2 is 1.88 bits per heavy atom. The predicted molar refractivity (Wildman–Crippen MR) is 120 cm³/mol. The number of carbonyl (C=O) groups excluding carboxylic acids is 2. The minimum absolute atomic E-state index is 0.0565. The summed E-state index contributed by atoms with van der Waals surface area (Å²) in [6.45, 7) is 7.88. The molecule has 2 aromatic heterocycles. The molecule has 170 valence electrons. The quantitative estimate of drug-likeness (QED) is 0.495. The third-order valence-electron chi connectivity index (χ3n) is 4.60. The van der Waals surface area contributed by atoms with Gasteiger partial charge in [-0.1, -0.05) is 30.3 Å². The minimum Gasteiger partial charge on any atom is -0.444 e. The van der Waals surface area contributed by atoms with Gasteiger partial charge in [-0.15, -0.1) is 0 Å². The number of nitrogens with zero attached hydrogens (tertiary/aromatic N) is 4. The van der Waals surface area contributed by atoms with E-state index >= 15 is 0 Å². The fourth-order valence-corrected chi connectivity index (χ4v) is 3.27. The number of imidazole rings is 1. The molecule has 1 unspecified atom stereocenters. The highest BCUT2D eigenvalue weighted by molar-refractivity contribution is 5.93. The lowest BCUT2D eigenvalue weighted by atomic mass is 10.1. The molecule has 1 atom stereocenters. The Balaban J connectivity index is 1.73. The number of fused-ring (bicyclic) bond motifs is 1. The number of amides is 1. The van der Waals surface area contributed by atoms with Gasteiger partial charge in [0, 0.05) is 19.1 Å². The van der Waals surface area contributed by atoms with Crippen LogP contribution in [-0.2, 0) is 20.9 Å². The Kier molecular flexibility index (Phi) is 7.53. The second kappa shape index (κ2) is 10.3. The van der Waals surface area contributed by atoms with Crippen molar-refractivity contribution in [2.75, 3.05) is 11.9 Å². The molecule has 9 nitrogen and oxygen atoms in total. The number of hydrogen-bond acceptors (Lipinski definition) is 7. The molecule has 1 N–H and O–H groups in total. The van der Waals surface area contributed by atoms with Crippen molar-refractivity contribution in [3.8, 4) is 0 Å². The Hall–Kier alpha value is -3.33. The predicted octanol–water partition coefficient (Wildman–Crippen LogP) is 4.30. The molecule has 1 aromatic carbocycles. The first-order valence-corrected chi connectivity index (χ1v) is 10.5. The van der Waals surface area contributed by atoms with Crippen LogP contribution >= 0.6 is 0 Å². The zero-order valence-corrected chi connectivity index (χ0v) is 18.9. The Labute approximate surface area is 187 Å². The van der Waals surface area contributed by atoms with Crippen LogP contribution in [-0.4, -0.2) is 43.6 Å². The summed E-state index contributed by atoms with van der Waals surface area (Å²) in [6, 6.07) is 9.73. The monoisotopic (exact) mass is 439 g/mol. The van der Waals surface area contributed by atoms with Gasteiger partial charge >= 0.3 is 6.09 Å². The van der Waals surface area contributed by atoms with E-state index in [-0.39, 0.29) is 17.6 Å². The van der Waals surface area contributed by atoms with Gasteiger partial charge < -0.3 is 14.0 Å². The average molecular weight is 440 g/mol. The Morgan fingerprint density at radius 3 is 2.56 bits per heavy atom. The maximum Gasteiger partial charge on any atom is 0.413 e. The number of rotatable bonds is 9. The first kappa shape index (κ1) is 23.3. The normalized spacial score (nSPS) is 12.5. The molecule has 3 rings (SSSR count). The number of ketones is 1. The molecule has 0 aliphatic heterocycles. The maximum atomic E-state index is 12.2. The van der Waals surface area contributed by atoms with Gasteiger partial charge in [0.15, 0.2) is 17.0 Å². The molecule has 0 radical (unpaired) electrons. The topological polar surface area (TPSA) is 108 Å². The number of nitrogens with one attached hydrogen (secondary N) is 1. The third kappa shape index (κ3) is 6.58. The summed E-state index contributed by atoms with van der Waals surface area (Å²) in [5.41, 5.74) is 1.41. The molecular formula is C23H29N5O4. The SMILES string of the molecule is CC(=O)CC(CCOCc1ccccc1)n1cnc2c(NC(=O)OC(C)(C)C)ncnc21. The molecule has 0 aliphatic rings. The van der Waals surface area contributed by atoms with Gasteiger partial charge in [-0.05, 0) is 39.7 Å². The van der Waals surface area contributed by atoms with E-state index in [0.29, 0.717) is 37.2 Å². The smallest absolute Gasteiger partial charge is 0.413 e. The summed E-state index contributed by atoms with van der Waals surface area (Å²) >= 11 is 0. The van der Waals surface area contributed by atoms with Crippen LogP contribution in [0.15, 0.2) is 43.0 Å². The largest absolute Gasteiger partial charge is 0.444 e. The summed E-state index contributed by atoms with van der Waals surface area (Å²) in [5, 5.41) is 2.63. The van der Waals surface area contributed by atoms with Crippen LogP contribution in [0.1, 0.15) is 52.1 Å². The van der Waals surface area contributed by atoms with Crippen LogP contribution in [0, 0.1) is 0 Å². The number of aromatic nitrogens is 4. The standard InChI is InChI=1S/C23H29N5O4/c1-16(29)12-18(10-11-31-13-17-8-6-5-7-9-17)28-15-26-19-20(24-14-25-21(19)28)27-22(30)32-23(2,3)4/h5-9,14-15,18H,10-13H2,1-4H3,(H,24,25,27,30). The van der Waals surface area contributed by atoms with E-state index in [0.717, 1.165) is 5.56 Å². The lowest BCUT2D eigenvalue weighted by molar-refractivity contribution is -0.117. The Bertz CT molecular complexity index is 1060. The molecule has 0 aliphatic carbocycles. The third-order valence-corrected chi connectivity index (χ3v) is 4.60. The van der Waals surface area contributed by atoms with E-state index in [1.165, 1.54) is 6.33 Å². The van der Waals surface area contributed by atoms with Crippen molar-refractivity contribution in [2.24, 2.45) is 0 Å². The van der Waals surface area contributed by atoms with E-state index in [1.807, 2.05) is 34.9 Å². The minimum atomic E-state index is -0.637.